The average Bonchev–Trinajstić information content (AvgIpc) is 3.09. The molecule has 3 heterocycles. The Hall–Kier alpha value is -3.21. The third kappa shape index (κ3) is 2.72. The lowest BCUT2D eigenvalue weighted by atomic mass is 9.96. The highest BCUT2D eigenvalue weighted by Gasteiger charge is 2.21. The van der Waals surface area contributed by atoms with Crippen LogP contribution in [0.4, 0.5) is 0 Å². The number of imidazole rings is 1. The largest absolute Gasteiger partial charge is 0.384 e. The highest BCUT2D eigenvalue weighted by molar-refractivity contribution is 5.70. The molecule has 0 saturated heterocycles. The molecular weight excluding hydrogens is 298 g/mol. The molecule has 0 radical (unpaired) electrons. The number of nitrogens with zero attached hydrogens (tertiary/aromatic N) is 3. The van der Waals surface area contributed by atoms with E-state index < -0.39 is 0 Å². The van der Waals surface area contributed by atoms with Crippen LogP contribution in [-0.4, -0.2) is 21.2 Å². The Kier molecular flexibility index (Phi) is 3.67. The first-order valence-electron chi connectivity index (χ1n) is 7.87. The van der Waals surface area contributed by atoms with E-state index in [1.807, 2.05) is 54.8 Å². The third-order valence-electron chi connectivity index (χ3n) is 4.08. The Labute approximate surface area is 140 Å². The predicted octanol–water partition coefficient (Wildman–Crippen LogP) is 3.50. The van der Waals surface area contributed by atoms with Gasteiger partial charge < -0.3 is 10.7 Å². The molecule has 0 fully saturated rings. The van der Waals surface area contributed by atoms with E-state index in [-0.39, 0.29) is 5.92 Å². The van der Waals surface area contributed by atoms with Crippen LogP contribution in [0.2, 0.25) is 0 Å². The summed E-state index contributed by atoms with van der Waals surface area (Å²) < 4.78 is 0. The minimum Gasteiger partial charge on any atom is -0.384 e. The van der Waals surface area contributed by atoms with E-state index in [1.165, 1.54) is 0 Å². The van der Waals surface area contributed by atoms with Gasteiger partial charge in [-0.25, -0.2) is 9.98 Å². The van der Waals surface area contributed by atoms with Crippen molar-refractivity contribution in [2.24, 2.45) is 10.7 Å². The van der Waals surface area contributed by atoms with Crippen LogP contribution in [0.1, 0.15) is 18.0 Å². The minimum atomic E-state index is 0.135. The SMILES string of the molecule is NC1=CC(c2[nH]c(-c3ccccc3)nc2-c2ccncc2)CC=N1. The number of nitrogens with one attached hydrogen (secondary N) is 1. The highest BCUT2D eigenvalue weighted by atomic mass is 15.0. The van der Waals surface area contributed by atoms with Crippen molar-refractivity contribution in [3.05, 3.63) is 72.4 Å². The summed E-state index contributed by atoms with van der Waals surface area (Å²) in [5, 5.41) is 0. The Bertz CT molecular complexity index is 894. The van der Waals surface area contributed by atoms with Crippen molar-refractivity contribution in [1.29, 1.82) is 0 Å². The lowest BCUT2D eigenvalue weighted by Crippen LogP contribution is -2.08. The summed E-state index contributed by atoms with van der Waals surface area (Å²) in [6, 6.07) is 14.1. The smallest absolute Gasteiger partial charge is 0.138 e. The van der Waals surface area contributed by atoms with E-state index in [0.717, 1.165) is 34.8 Å². The minimum absolute atomic E-state index is 0.135. The van der Waals surface area contributed by atoms with E-state index in [4.69, 9.17) is 10.7 Å². The molecule has 3 N–H and O–H groups in total. The van der Waals surface area contributed by atoms with Crippen molar-refractivity contribution < 1.29 is 0 Å². The summed E-state index contributed by atoms with van der Waals surface area (Å²) in [5.41, 5.74) is 9.96. The molecule has 118 valence electrons. The van der Waals surface area contributed by atoms with E-state index in [2.05, 4.69) is 15.0 Å². The van der Waals surface area contributed by atoms with E-state index in [9.17, 15) is 0 Å². The van der Waals surface area contributed by atoms with Gasteiger partial charge >= 0.3 is 0 Å². The summed E-state index contributed by atoms with van der Waals surface area (Å²) in [6.07, 6.45) is 8.20. The predicted molar refractivity (Wildman–Crippen MR) is 95.4 cm³/mol. The Morgan fingerprint density at radius 3 is 2.54 bits per heavy atom. The molecular formula is C19H17N5. The zero-order valence-electron chi connectivity index (χ0n) is 13.1. The first kappa shape index (κ1) is 14.4. The second-order valence-corrected chi connectivity index (χ2v) is 5.70. The van der Waals surface area contributed by atoms with Crippen LogP contribution in [0.3, 0.4) is 0 Å². The number of hydrogen-bond acceptors (Lipinski definition) is 4. The number of aromatic amines is 1. The lowest BCUT2D eigenvalue weighted by molar-refractivity contribution is 0.838. The number of rotatable bonds is 3. The topological polar surface area (TPSA) is 80.0 Å². The fraction of sp³-hybridized carbons (Fsp3) is 0.105. The molecule has 0 bridgehead atoms. The molecule has 5 nitrogen and oxygen atoms in total. The lowest BCUT2D eigenvalue weighted by Gasteiger charge is -2.14. The summed E-state index contributed by atoms with van der Waals surface area (Å²) in [4.78, 5) is 16.6. The van der Waals surface area contributed by atoms with Gasteiger partial charge in [0.05, 0.1) is 11.4 Å². The second kappa shape index (κ2) is 6.12. The maximum absolute atomic E-state index is 5.89. The summed E-state index contributed by atoms with van der Waals surface area (Å²) in [6.45, 7) is 0. The quantitative estimate of drug-likeness (QED) is 0.776. The van der Waals surface area contributed by atoms with Crippen LogP contribution in [0.5, 0.6) is 0 Å². The molecule has 0 spiro atoms. The van der Waals surface area contributed by atoms with E-state index in [0.29, 0.717) is 5.82 Å². The number of aliphatic imine (C=N–C) groups is 1. The Morgan fingerprint density at radius 1 is 1.00 bits per heavy atom. The van der Waals surface area contributed by atoms with Gasteiger partial charge in [0.2, 0.25) is 0 Å². The summed E-state index contributed by atoms with van der Waals surface area (Å²) in [5.74, 6) is 1.53. The molecule has 1 aliphatic rings. The van der Waals surface area contributed by atoms with Gasteiger partial charge in [-0.1, -0.05) is 30.3 Å². The van der Waals surface area contributed by atoms with Gasteiger partial charge in [0.15, 0.2) is 0 Å². The van der Waals surface area contributed by atoms with Crippen molar-refractivity contribution in [3.63, 3.8) is 0 Å². The van der Waals surface area contributed by atoms with Crippen molar-refractivity contribution >= 4 is 6.21 Å². The van der Waals surface area contributed by atoms with Crippen LogP contribution in [0, 0.1) is 0 Å². The molecule has 4 rings (SSSR count). The van der Waals surface area contributed by atoms with Crippen molar-refractivity contribution in [2.45, 2.75) is 12.3 Å². The second-order valence-electron chi connectivity index (χ2n) is 5.70. The number of hydrogen-bond donors (Lipinski definition) is 2. The van der Waals surface area contributed by atoms with Crippen LogP contribution < -0.4 is 5.73 Å². The van der Waals surface area contributed by atoms with Gasteiger partial charge in [-0.15, -0.1) is 0 Å². The maximum Gasteiger partial charge on any atom is 0.138 e. The van der Waals surface area contributed by atoms with Crippen molar-refractivity contribution in [3.8, 4) is 22.6 Å². The van der Waals surface area contributed by atoms with Crippen molar-refractivity contribution in [2.75, 3.05) is 0 Å². The van der Waals surface area contributed by atoms with Gasteiger partial charge in [-0.05, 0) is 24.6 Å². The molecule has 2 aromatic heterocycles. The van der Waals surface area contributed by atoms with E-state index in [1.54, 1.807) is 12.4 Å². The monoisotopic (exact) mass is 315 g/mol. The normalized spacial score (nSPS) is 16.8. The molecule has 24 heavy (non-hydrogen) atoms. The van der Waals surface area contributed by atoms with Gasteiger partial charge in [-0.3, -0.25) is 4.98 Å². The number of benzene rings is 1. The van der Waals surface area contributed by atoms with Crippen LogP contribution >= 0.6 is 0 Å². The van der Waals surface area contributed by atoms with Crippen molar-refractivity contribution in [1.82, 2.24) is 15.0 Å². The Morgan fingerprint density at radius 2 is 1.79 bits per heavy atom. The van der Waals surface area contributed by atoms with Crippen LogP contribution in [-0.2, 0) is 0 Å². The first-order chi connectivity index (χ1) is 11.8. The molecule has 1 aromatic carbocycles. The molecule has 0 aliphatic carbocycles. The van der Waals surface area contributed by atoms with E-state index >= 15 is 0 Å². The fourth-order valence-corrected chi connectivity index (χ4v) is 2.91. The average molecular weight is 315 g/mol. The molecule has 1 unspecified atom stereocenters. The standard InChI is InChI=1S/C19H17N5/c20-16-12-15(8-11-22-16)18-17(13-6-9-21-10-7-13)23-19(24-18)14-4-2-1-3-5-14/h1-7,9-12,15H,8,20H2,(H,23,24). The van der Waals surface area contributed by atoms with Crippen LogP contribution in [0.25, 0.3) is 22.6 Å². The number of H-pyrrole nitrogens is 1. The first-order valence-corrected chi connectivity index (χ1v) is 7.87. The number of pyridine rings is 1. The van der Waals surface area contributed by atoms with Crippen LogP contribution in [0.15, 0.2) is 71.7 Å². The molecule has 3 aromatic rings. The molecule has 0 saturated carbocycles. The maximum atomic E-state index is 5.89. The third-order valence-corrected chi connectivity index (χ3v) is 4.08. The molecule has 1 atom stereocenters. The summed E-state index contributed by atoms with van der Waals surface area (Å²) >= 11 is 0. The zero-order valence-corrected chi connectivity index (χ0v) is 13.1. The Balaban J connectivity index is 1.85. The van der Waals surface area contributed by atoms with Gasteiger partial charge in [0.1, 0.15) is 11.6 Å². The molecule has 5 heteroatoms. The van der Waals surface area contributed by atoms with Gasteiger partial charge in [0, 0.05) is 35.7 Å². The number of allylic oxidation sites excluding steroid dienone is 1. The highest BCUT2D eigenvalue weighted by Crippen LogP contribution is 2.33. The number of nitrogens with two attached hydrogens (primary N) is 1. The zero-order chi connectivity index (χ0) is 16.4. The summed E-state index contributed by atoms with van der Waals surface area (Å²) in [7, 11) is 0. The van der Waals surface area contributed by atoms with Gasteiger partial charge in [0.25, 0.3) is 0 Å². The van der Waals surface area contributed by atoms with Gasteiger partial charge in [-0.2, -0.15) is 0 Å². The molecule has 1 aliphatic heterocycles. The number of aromatic nitrogens is 3. The fourth-order valence-electron chi connectivity index (χ4n) is 2.91. The molecule has 0 amide bonds.